The van der Waals surface area contributed by atoms with Crippen molar-refractivity contribution < 1.29 is 13.2 Å². The van der Waals surface area contributed by atoms with Crippen molar-refractivity contribution in [2.45, 2.75) is 23.8 Å². The maximum absolute atomic E-state index is 12.7. The maximum atomic E-state index is 12.7. The molecule has 6 heteroatoms. The molecule has 2 rings (SSSR count). The van der Waals surface area contributed by atoms with Gasteiger partial charge in [0.25, 0.3) is 0 Å². The normalized spacial score (nSPS) is 20.2. The fourth-order valence-corrected chi connectivity index (χ4v) is 4.44. The van der Waals surface area contributed by atoms with Crippen molar-refractivity contribution in [3.8, 4) is 0 Å². The summed E-state index contributed by atoms with van der Waals surface area (Å²) in [5.74, 6) is 0. The molecule has 1 heterocycles. The van der Waals surface area contributed by atoms with E-state index in [0.29, 0.717) is 18.0 Å². The molecule has 5 nitrogen and oxygen atoms in total. The summed E-state index contributed by atoms with van der Waals surface area (Å²) in [6.45, 7) is 2.83. The van der Waals surface area contributed by atoms with Gasteiger partial charge in [0.1, 0.15) is 0 Å². The van der Waals surface area contributed by atoms with Gasteiger partial charge in [-0.2, -0.15) is 4.31 Å². The number of likely N-dealkylation sites (N-methyl/N-ethyl adjacent to an activating group) is 1. The average Bonchev–Trinajstić information content (AvgIpc) is 2.95. The minimum atomic E-state index is -3.38. The SMILES string of the molecule is COCCN(C)CC1CCCN1S(=O)(=O)c1ccccc1. The summed E-state index contributed by atoms with van der Waals surface area (Å²) in [7, 11) is 0.302. The lowest BCUT2D eigenvalue weighted by Gasteiger charge is -2.28. The van der Waals surface area contributed by atoms with Crippen molar-refractivity contribution >= 4 is 10.0 Å². The molecule has 0 aliphatic carbocycles. The number of hydrogen-bond donors (Lipinski definition) is 0. The highest BCUT2D eigenvalue weighted by Gasteiger charge is 2.35. The fraction of sp³-hybridized carbons (Fsp3) is 0.600. The Morgan fingerprint density at radius 1 is 1.33 bits per heavy atom. The summed E-state index contributed by atoms with van der Waals surface area (Å²) in [5, 5.41) is 0. The van der Waals surface area contributed by atoms with Crippen LogP contribution in [0.4, 0.5) is 0 Å². The predicted molar refractivity (Wildman–Crippen MR) is 82.7 cm³/mol. The monoisotopic (exact) mass is 312 g/mol. The summed E-state index contributed by atoms with van der Waals surface area (Å²) in [4.78, 5) is 2.52. The second kappa shape index (κ2) is 7.35. The van der Waals surface area contributed by atoms with Crippen LogP contribution in [0.1, 0.15) is 12.8 Å². The molecule has 0 amide bonds. The van der Waals surface area contributed by atoms with Gasteiger partial charge >= 0.3 is 0 Å². The lowest BCUT2D eigenvalue weighted by atomic mass is 10.2. The van der Waals surface area contributed by atoms with E-state index in [0.717, 1.165) is 25.9 Å². The van der Waals surface area contributed by atoms with E-state index in [1.54, 1.807) is 35.7 Å². The summed E-state index contributed by atoms with van der Waals surface area (Å²) in [6, 6.07) is 8.75. The Balaban J connectivity index is 2.08. The number of nitrogens with zero attached hydrogens (tertiary/aromatic N) is 2. The zero-order valence-corrected chi connectivity index (χ0v) is 13.6. The molecule has 0 bridgehead atoms. The van der Waals surface area contributed by atoms with Crippen LogP contribution >= 0.6 is 0 Å². The van der Waals surface area contributed by atoms with E-state index in [4.69, 9.17) is 4.74 Å². The van der Waals surface area contributed by atoms with Gasteiger partial charge in [0.05, 0.1) is 11.5 Å². The summed E-state index contributed by atoms with van der Waals surface area (Å²) >= 11 is 0. The molecule has 1 unspecified atom stereocenters. The quantitative estimate of drug-likeness (QED) is 0.764. The Morgan fingerprint density at radius 3 is 2.71 bits per heavy atom. The number of methoxy groups -OCH3 is 1. The molecule has 1 aliphatic rings. The van der Waals surface area contributed by atoms with Crippen molar-refractivity contribution in [2.75, 3.05) is 40.4 Å². The van der Waals surface area contributed by atoms with E-state index in [9.17, 15) is 8.42 Å². The number of sulfonamides is 1. The van der Waals surface area contributed by atoms with Crippen LogP contribution in [0.2, 0.25) is 0 Å². The van der Waals surface area contributed by atoms with E-state index in [-0.39, 0.29) is 6.04 Å². The Kier molecular flexibility index (Phi) is 5.75. The van der Waals surface area contributed by atoms with Gasteiger partial charge in [0, 0.05) is 32.8 Å². The molecule has 0 spiro atoms. The largest absolute Gasteiger partial charge is 0.383 e. The molecule has 1 aliphatic heterocycles. The molecule has 118 valence electrons. The highest BCUT2D eigenvalue weighted by atomic mass is 32.2. The van der Waals surface area contributed by atoms with Gasteiger partial charge in [0.2, 0.25) is 10.0 Å². The lowest BCUT2D eigenvalue weighted by molar-refractivity contribution is 0.151. The molecule has 1 aromatic carbocycles. The van der Waals surface area contributed by atoms with Crippen LogP contribution < -0.4 is 0 Å². The molecular weight excluding hydrogens is 288 g/mol. The Morgan fingerprint density at radius 2 is 2.05 bits per heavy atom. The molecule has 0 saturated carbocycles. The Labute approximate surface area is 127 Å². The number of hydrogen-bond acceptors (Lipinski definition) is 4. The van der Waals surface area contributed by atoms with E-state index >= 15 is 0 Å². The minimum absolute atomic E-state index is 0.0528. The summed E-state index contributed by atoms with van der Waals surface area (Å²) in [5.41, 5.74) is 0. The molecule has 0 radical (unpaired) electrons. The highest BCUT2D eigenvalue weighted by molar-refractivity contribution is 7.89. The van der Waals surface area contributed by atoms with Crippen molar-refractivity contribution in [2.24, 2.45) is 0 Å². The van der Waals surface area contributed by atoms with Crippen LogP contribution in [-0.4, -0.2) is 64.1 Å². The van der Waals surface area contributed by atoms with E-state index in [1.165, 1.54) is 0 Å². The van der Waals surface area contributed by atoms with E-state index < -0.39 is 10.0 Å². The third kappa shape index (κ3) is 4.03. The summed E-state index contributed by atoms with van der Waals surface area (Å²) in [6.07, 6.45) is 1.85. The zero-order valence-electron chi connectivity index (χ0n) is 12.7. The number of ether oxygens (including phenoxy) is 1. The van der Waals surface area contributed by atoms with Gasteiger partial charge in [-0.1, -0.05) is 18.2 Å². The molecule has 0 N–H and O–H groups in total. The van der Waals surface area contributed by atoms with Crippen LogP contribution in [0.25, 0.3) is 0 Å². The second-order valence-corrected chi connectivity index (χ2v) is 7.37. The third-order valence-electron chi connectivity index (χ3n) is 3.87. The van der Waals surface area contributed by atoms with E-state index in [1.807, 2.05) is 13.1 Å². The van der Waals surface area contributed by atoms with E-state index in [2.05, 4.69) is 4.90 Å². The first-order valence-corrected chi connectivity index (χ1v) is 8.74. The van der Waals surface area contributed by atoms with Crippen LogP contribution in [0.15, 0.2) is 35.2 Å². The van der Waals surface area contributed by atoms with Crippen molar-refractivity contribution in [3.05, 3.63) is 30.3 Å². The van der Waals surface area contributed by atoms with Gasteiger partial charge in [-0.15, -0.1) is 0 Å². The van der Waals surface area contributed by atoms with Crippen molar-refractivity contribution in [3.63, 3.8) is 0 Å². The van der Waals surface area contributed by atoms with Gasteiger partial charge < -0.3 is 9.64 Å². The van der Waals surface area contributed by atoms with Crippen LogP contribution in [0.3, 0.4) is 0 Å². The molecular formula is C15H24N2O3S. The lowest BCUT2D eigenvalue weighted by Crippen LogP contribution is -2.42. The van der Waals surface area contributed by atoms with Crippen molar-refractivity contribution in [1.29, 1.82) is 0 Å². The van der Waals surface area contributed by atoms with Gasteiger partial charge in [-0.3, -0.25) is 0 Å². The third-order valence-corrected chi connectivity index (χ3v) is 5.84. The topological polar surface area (TPSA) is 49.9 Å². The first kappa shape index (κ1) is 16.4. The Bertz CT molecular complexity index is 533. The molecule has 1 saturated heterocycles. The van der Waals surface area contributed by atoms with Crippen LogP contribution in [-0.2, 0) is 14.8 Å². The predicted octanol–water partition coefficient (Wildman–Crippen LogP) is 1.42. The maximum Gasteiger partial charge on any atom is 0.243 e. The first-order valence-electron chi connectivity index (χ1n) is 7.30. The standard InChI is InChI=1S/C15H24N2O3S/c1-16(11-12-20-2)13-14-7-6-10-17(14)21(18,19)15-8-4-3-5-9-15/h3-5,8-9,14H,6-7,10-13H2,1-2H3. The van der Waals surface area contributed by atoms with Gasteiger partial charge in [-0.05, 0) is 32.0 Å². The molecule has 1 atom stereocenters. The Hall–Kier alpha value is -0.950. The zero-order chi connectivity index (χ0) is 15.3. The number of rotatable bonds is 7. The number of benzene rings is 1. The van der Waals surface area contributed by atoms with Gasteiger partial charge in [0.15, 0.2) is 0 Å². The van der Waals surface area contributed by atoms with Crippen LogP contribution in [0, 0.1) is 0 Å². The average molecular weight is 312 g/mol. The first-order chi connectivity index (χ1) is 10.1. The second-order valence-electron chi connectivity index (χ2n) is 5.48. The molecule has 1 aromatic rings. The molecule has 21 heavy (non-hydrogen) atoms. The highest BCUT2D eigenvalue weighted by Crippen LogP contribution is 2.26. The minimum Gasteiger partial charge on any atom is -0.383 e. The molecule has 1 fully saturated rings. The smallest absolute Gasteiger partial charge is 0.243 e. The van der Waals surface area contributed by atoms with Crippen molar-refractivity contribution in [1.82, 2.24) is 9.21 Å². The van der Waals surface area contributed by atoms with Gasteiger partial charge in [-0.25, -0.2) is 8.42 Å². The fourth-order valence-electron chi connectivity index (χ4n) is 2.73. The summed E-state index contributed by atoms with van der Waals surface area (Å²) < 4.78 is 32.2. The van der Waals surface area contributed by atoms with Crippen LogP contribution in [0.5, 0.6) is 0 Å². The molecule has 0 aromatic heterocycles.